The van der Waals surface area contributed by atoms with Gasteiger partial charge in [0.2, 0.25) is 5.91 Å². The van der Waals surface area contributed by atoms with Crippen LogP contribution in [-0.4, -0.2) is 35.4 Å². The molecule has 1 aromatic heterocycles. The Morgan fingerprint density at radius 2 is 1.93 bits per heavy atom. The van der Waals surface area contributed by atoms with E-state index in [9.17, 15) is 28.4 Å². The monoisotopic (exact) mass is 666 g/mol. The molecule has 0 aliphatic carbocycles. The molecule has 2 aromatic carbocycles. The van der Waals surface area contributed by atoms with Gasteiger partial charge in [-0.15, -0.1) is 0 Å². The third-order valence-corrected chi connectivity index (χ3v) is 9.57. The Morgan fingerprint density at radius 3 is 2.56 bits per heavy atom. The maximum atomic E-state index is 14.2. The van der Waals surface area contributed by atoms with Crippen molar-refractivity contribution in [2.24, 2.45) is 0 Å². The summed E-state index contributed by atoms with van der Waals surface area (Å²) in [5, 5.41) is 6.08. The molecule has 8 nitrogen and oxygen atoms in total. The van der Waals surface area contributed by atoms with Crippen LogP contribution in [0.1, 0.15) is 58.9 Å². The van der Waals surface area contributed by atoms with E-state index in [4.69, 9.17) is 39.5 Å². The van der Waals surface area contributed by atoms with E-state index >= 15 is 0 Å². The first-order valence-electron chi connectivity index (χ1n) is 13.1. The van der Waals surface area contributed by atoms with Crippen molar-refractivity contribution in [2.75, 3.05) is 18.6 Å². The van der Waals surface area contributed by atoms with Crippen molar-refractivity contribution in [3.05, 3.63) is 79.2 Å². The summed E-state index contributed by atoms with van der Waals surface area (Å²) in [4.78, 5) is 45.2. The Labute approximate surface area is 264 Å². The number of H-pyrrole nitrogens is 1. The third kappa shape index (κ3) is 6.07. The Kier molecular flexibility index (Phi) is 8.95. The maximum absolute atomic E-state index is 14.2. The number of fused-ring (bicyclic) bond motifs is 1. The molecule has 0 radical (unpaired) electrons. The Bertz CT molecular complexity index is 1700. The van der Waals surface area contributed by atoms with Crippen molar-refractivity contribution < 1.29 is 23.1 Å². The number of halogens is 5. The van der Waals surface area contributed by atoms with E-state index in [0.29, 0.717) is 35.5 Å². The van der Waals surface area contributed by atoms with Gasteiger partial charge < -0.3 is 19.5 Å². The number of pyridine rings is 1. The summed E-state index contributed by atoms with van der Waals surface area (Å²) in [5.74, 6) is -0.448. The van der Waals surface area contributed by atoms with Crippen LogP contribution in [0.4, 0.5) is 14.5 Å². The van der Waals surface area contributed by atoms with Gasteiger partial charge in [0.25, 0.3) is 11.5 Å². The number of methoxy groups -OCH3 is 1. The van der Waals surface area contributed by atoms with E-state index in [-0.39, 0.29) is 38.7 Å². The molecule has 1 atom stereocenters. The molecule has 0 unspecified atom stereocenters. The predicted molar refractivity (Wildman–Crippen MR) is 159 cm³/mol. The summed E-state index contributed by atoms with van der Waals surface area (Å²) >= 11 is 18.6. The quantitative estimate of drug-likeness (QED) is 0.266. The van der Waals surface area contributed by atoms with E-state index in [1.807, 2.05) is 4.98 Å². The van der Waals surface area contributed by atoms with Crippen LogP contribution in [0.25, 0.3) is 0 Å². The summed E-state index contributed by atoms with van der Waals surface area (Å²) in [5.41, 5.74) is -0.639. The van der Waals surface area contributed by atoms with Gasteiger partial charge in [0, 0.05) is 29.3 Å². The number of nitrogens with zero attached hydrogens (tertiary/aromatic N) is 3. The fraction of sp³-hybridized carbons (Fsp3) is 0.310. The van der Waals surface area contributed by atoms with E-state index in [0.717, 1.165) is 30.7 Å². The molecule has 1 fully saturated rings. The number of hydrogen-bond donors (Lipinski definition) is 1. The van der Waals surface area contributed by atoms with Gasteiger partial charge in [0.1, 0.15) is 17.0 Å². The van der Waals surface area contributed by atoms with Crippen LogP contribution in [0, 0.1) is 11.3 Å². The van der Waals surface area contributed by atoms with E-state index in [2.05, 4.69) is 6.07 Å². The average Bonchev–Trinajstić information content (AvgIpc) is 3.31. The number of nitriles is 1. The summed E-state index contributed by atoms with van der Waals surface area (Å²) in [6.07, 6.45) is 1.89. The zero-order valence-electron chi connectivity index (χ0n) is 22.6. The third-order valence-electron chi connectivity index (χ3n) is 7.32. The number of hydrogen-bond acceptors (Lipinski definition) is 6. The van der Waals surface area contributed by atoms with Gasteiger partial charge in [-0.05, 0) is 65.9 Å². The number of carbonyl (C=O) groups excluding carboxylic acids is 2. The fourth-order valence-corrected chi connectivity index (χ4v) is 7.04. The lowest BCUT2D eigenvalue weighted by atomic mass is 10.00. The molecule has 3 heterocycles. The Hall–Kier alpha value is -3.30. The van der Waals surface area contributed by atoms with Gasteiger partial charge in [-0.3, -0.25) is 14.4 Å². The molecule has 14 heteroatoms. The molecule has 2 amide bonds. The maximum Gasteiger partial charge on any atom is 0.362 e. The van der Waals surface area contributed by atoms with Crippen molar-refractivity contribution in [2.45, 2.75) is 53.4 Å². The molecule has 0 bridgehead atoms. The lowest BCUT2D eigenvalue weighted by Crippen LogP contribution is -2.35. The molecule has 43 heavy (non-hydrogen) atoms. The van der Waals surface area contributed by atoms with Gasteiger partial charge in [0.15, 0.2) is 0 Å². The second kappa shape index (κ2) is 12.4. The normalized spacial score (nSPS) is 16.7. The Balaban J connectivity index is 1.61. The van der Waals surface area contributed by atoms with Crippen molar-refractivity contribution in [3.63, 3.8) is 0 Å². The standard InChI is InChI=1S/C29H23Cl3F2N4O4S/c1-42-21-12-16-15(11-20(21)37-10-3-2-7-24(37)39)14-38(19(16)8-9-35)28(41)25-22(13-23(29(32,33)34)36-27(25)40)43-26-17(30)5-4-6-18(26)31/h4-6,11-13,19H,2-3,7-8,10,14H2,1H3,(H,36,40)/t19-/m1/s1. The number of carbonyl (C=O) groups is 2. The molecular formula is C29H23Cl3F2N4O4S. The summed E-state index contributed by atoms with van der Waals surface area (Å²) in [6.45, 7) is 0.500. The molecule has 1 N–H and O–H groups in total. The highest BCUT2D eigenvalue weighted by atomic mass is 35.5. The van der Waals surface area contributed by atoms with Crippen molar-refractivity contribution in [3.8, 4) is 11.8 Å². The topological polar surface area (TPSA) is 106 Å². The molecule has 0 spiro atoms. The molecule has 3 aromatic rings. The number of benzene rings is 2. The number of anilines is 1. The molecule has 2 aliphatic rings. The fourth-order valence-electron chi connectivity index (χ4n) is 5.30. The van der Waals surface area contributed by atoms with Crippen molar-refractivity contribution in [1.82, 2.24) is 9.88 Å². The largest absolute Gasteiger partial charge is 0.495 e. The highest BCUT2D eigenvalue weighted by Gasteiger charge is 2.39. The highest BCUT2D eigenvalue weighted by Crippen LogP contribution is 2.45. The van der Waals surface area contributed by atoms with Gasteiger partial charge in [-0.25, -0.2) is 0 Å². The number of aromatic nitrogens is 1. The summed E-state index contributed by atoms with van der Waals surface area (Å²) < 4.78 is 33.9. The number of aromatic amines is 1. The highest BCUT2D eigenvalue weighted by molar-refractivity contribution is 7.99. The molecular weight excluding hydrogens is 645 g/mol. The summed E-state index contributed by atoms with van der Waals surface area (Å²) in [7, 11) is 1.47. The number of nitrogens with one attached hydrogen (secondary N) is 1. The van der Waals surface area contributed by atoms with Gasteiger partial charge in [0.05, 0.1) is 41.4 Å². The lowest BCUT2D eigenvalue weighted by Gasteiger charge is -2.28. The number of rotatable bonds is 7. The number of ether oxygens (including phenoxy) is 1. The lowest BCUT2D eigenvalue weighted by molar-refractivity contribution is -0.119. The van der Waals surface area contributed by atoms with Crippen LogP contribution in [0.3, 0.4) is 0 Å². The zero-order valence-corrected chi connectivity index (χ0v) is 25.6. The number of alkyl halides is 3. The van der Waals surface area contributed by atoms with Crippen LogP contribution in [0.5, 0.6) is 5.75 Å². The zero-order chi connectivity index (χ0) is 31.1. The average molecular weight is 668 g/mol. The van der Waals surface area contributed by atoms with Crippen LogP contribution < -0.4 is 15.2 Å². The molecule has 5 rings (SSSR count). The molecule has 224 valence electrons. The minimum absolute atomic E-state index is 0.0106. The minimum atomic E-state index is -3.94. The van der Waals surface area contributed by atoms with Crippen LogP contribution in [0.15, 0.2) is 51.0 Å². The van der Waals surface area contributed by atoms with Crippen molar-refractivity contribution >= 4 is 64.1 Å². The van der Waals surface area contributed by atoms with Crippen LogP contribution >= 0.6 is 46.6 Å². The molecule has 0 saturated carbocycles. The second-order valence-corrected chi connectivity index (χ2v) is 12.3. The van der Waals surface area contributed by atoms with Gasteiger partial charge in [-0.2, -0.15) is 14.0 Å². The van der Waals surface area contributed by atoms with E-state index in [1.54, 1.807) is 23.1 Å². The first kappa shape index (κ1) is 31.1. The van der Waals surface area contributed by atoms with Crippen molar-refractivity contribution in [1.29, 1.82) is 5.26 Å². The van der Waals surface area contributed by atoms with E-state index in [1.165, 1.54) is 24.1 Å². The SMILES string of the molecule is COc1cc2c(cc1N1CCCCC1=O)CN(C(=O)c1c(Sc3c(Cl)cccc3Cl)cc(C(F)(F)Cl)[nH]c1=O)[C@@H]2CC#N. The Morgan fingerprint density at radius 1 is 1.21 bits per heavy atom. The predicted octanol–water partition coefficient (Wildman–Crippen LogP) is 7.26. The first-order chi connectivity index (χ1) is 20.4. The molecule has 2 aliphatic heterocycles. The van der Waals surface area contributed by atoms with Gasteiger partial charge in [-0.1, -0.05) is 41.0 Å². The minimum Gasteiger partial charge on any atom is -0.495 e. The molecule has 1 saturated heterocycles. The van der Waals surface area contributed by atoms with Gasteiger partial charge >= 0.3 is 5.38 Å². The second-order valence-electron chi connectivity index (χ2n) is 9.94. The smallest absolute Gasteiger partial charge is 0.362 e. The summed E-state index contributed by atoms with van der Waals surface area (Å²) in [6, 6.07) is 10.3. The number of amides is 2. The van der Waals surface area contributed by atoms with Crippen LogP contribution in [-0.2, 0) is 16.7 Å². The van der Waals surface area contributed by atoms with E-state index < -0.39 is 34.1 Å². The number of piperidine rings is 1. The first-order valence-corrected chi connectivity index (χ1v) is 15.0. The van der Waals surface area contributed by atoms with Crippen LogP contribution in [0.2, 0.25) is 10.0 Å².